The minimum Gasteiger partial charge on any atom is -0.379 e. The molecule has 1 aromatic heterocycles. The summed E-state index contributed by atoms with van der Waals surface area (Å²) in [5.41, 5.74) is 2.56. The zero-order chi connectivity index (χ0) is 21.9. The summed E-state index contributed by atoms with van der Waals surface area (Å²) in [6, 6.07) is 10.5. The van der Waals surface area contributed by atoms with Crippen LogP contribution in [0.15, 0.2) is 60.9 Å². The number of pyridine rings is 1. The van der Waals surface area contributed by atoms with Crippen LogP contribution in [-0.4, -0.2) is 42.7 Å². The quantitative estimate of drug-likeness (QED) is 0.738. The molecule has 31 heavy (non-hydrogen) atoms. The predicted molar refractivity (Wildman–Crippen MR) is 117 cm³/mol. The Balaban J connectivity index is 1.70. The molecule has 0 aliphatic carbocycles. The second kappa shape index (κ2) is 12.0. The van der Waals surface area contributed by atoms with Gasteiger partial charge in [0.1, 0.15) is 0 Å². The lowest BCUT2D eigenvalue weighted by atomic mass is 10.00. The zero-order valence-corrected chi connectivity index (χ0v) is 17.6. The average Bonchev–Trinajstić information content (AvgIpc) is 2.80. The highest BCUT2D eigenvalue weighted by molar-refractivity contribution is 5.98. The largest absolute Gasteiger partial charge is 0.379 e. The number of carbonyl (C=O) groups excluding carboxylic acids is 2. The van der Waals surface area contributed by atoms with Crippen molar-refractivity contribution in [1.82, 2.24) is 15.6 Å². The van der Waals surface area contributed by atoms with Crippen molar-refractivity contribution in [1.29, 1.82) is 0 Å². The first-order valence-electron chi connectivity index (χ1n) is 10.6. The van der Waals surface area contributed by atoms with Gasteiger partial charge in [-0.2, -0.15) is 0 Å². The zero-order valence-electron chi connectivity index (χ0n) is 17.6. The van der Waals surface area contributed by atoms with Gasteiger partial charge in [-0.3, -0.25) is 14.6 Å². The van der Waals surface area contributed by atoms with Gasteiger partial charge in [-0.25, -0.2) is 0 Å². The van der Waals surface area contributed by atoms with E-state index in [0.29, 0.717) is 50.5 Å². The third kappa shape index (κ3) is 7.01. The molecule has 1 aromatic carbocycles. The van der Waals surface area contributed by atoms with Crippen molar-refractivity contribution >= 4 is 11.8 Å². The van der Waals surface area contributed by atoms with Crippen molar-refractivity contribution in [2.45, 2.75) is 38.5 Å². The van der Waals surface area contributed by atoms with Crippen molar-refractivity contribution in [2.24, 2.45) is 0 Å². The second-order valence-electron chi connectivity index (χ2n) is 7.41. The summed E-state index contributed by atoms with van der Waals surface area (Å²) >= 11 is 0. The molecule has 0 saturated carbocycles. The van der Waals surface area contributed by atoms with E-state index in [4.69, 9.17) is 9.47 Å². The Morgan fingerprint density at radius 2 is 1.97 bits per heavy atom. The van der Waals surface area contributed by atoms with E-state index in [9.17, 15) is 9.59 Å². The molecule has 2 amide bonds. The molecule has 1 aliphatic rings. The number of aromatic nitrogens is 1. The summed E-state index contributed by atoms with van der Waals surface area (Å²) in [7, 11) is 0. The van der Waals surface area contributed by atoms with Gasteiger partial charge >= 0.3 is 0 Å². The summed E-state index contributed by atoms with van der Waals surface area (Å²) in [6.07, 6.45) is 5.61. The Bertz CT molecular complexity index is 885. The van der Waals surface area contributed by atoms with E-state index in [0.717, 1.165) is 24.0 Å². The molecule has 0 saturated heterocycles. The molecule has 0 fully saturated rings. The Morgan fingerprint density at radius 3 is 2.81 bits per heavy atom. The molecule has 7 heteroatoms. The van der Waals surface area contributed by atoms with Crippen LogP contribution in [-0.2, 0) is 27.4 Å². The monoisotopic (exact) mass is 423 g/mol. The molecule has 7 nitrogen and oxygen atoms in total. The molecule has 164 valence electrons. The number of hydrogen-bond acceptors (Lipinski definition) is 5. The number of nitrogens with one attached hydrogen (secondary N) is 2. The lowest BCUT2D eigenvalue weighted by Gasteiger charge is -2.22. The van der Waals surface area contributed by atoms with Crippen LogP contribution in [0.5, 0.6) is 0 Å². The van der Waals surface area contributed by atoms with E-state index in [1.54, 1.807) is 18.5 Å². The van der Waals surface area contributed by atoms with Crippen LogP contribution >= 0.6 is 0 Å². The minimum absolute atomic E-state index is 0.237. The average molecular weight is 424 g/mol. The van der Waals surface area contributed by atoms with Crippen LogP contribution < -0.4 is 10.6 Å². The number of carbonyl (C=O) groups is 2. The van der Waals surface area contributed by atoms with Crippen LogP contribution in [0.3, 0.4) is 0 Å². The Labute approximate surface area is 182 Å². The molecule has 1 unspecified atom stereocenters. The fraction of sp³-hybridized carbons (Fsp3) is 0.375. The number of benzene rings is 1. The number of rotatable bonds is 4. The molecule has 1 atom stereocenters. The van der Waals surface area contributed by atoms with Crippen LogP contribution in [0.1, 0.15) is 40.7 Å². The smallest absolute Gasteiger partial charge is 0.252 e. The number of amides is 2. The molecule has 0 spiro atoms. The summed E-state index contributed by atoms with van der Waals surface area (Å²) < 4.78 is 11.2. The van der Waals surface area contributed by atoms with E-state index in [1.165, 1.54) is 0 Å². The lowest BCUT2D eigenvalue weighted by Crippen LogP contribution is -2.41. The van der Waals surface area contributed by atoms with Gasteiger partial charge in [-0.1, -0.05) is 30.8 Å². The van der Waals surface area contributed by atoms with Crippen LogP contribution in [0.25, 0.3) is 0 Å². The van der Waals surface area contributed by atoms with E-state index in [-0.39, 0.29) is 11.8 Å². The first kappa shape index (κ1) is 22.7. The van der Waals surface area contributed by atoms with Gasteiger partial charge in [0.2, 0.25) is 5.91 Å². The standard InChI is InChI=1S/C24H29N3O4/c1-18(23(28)26-16-19-7-6-11-25-15-19)22-10-4-5-12-30-13-14-31-17-20-8-2-3-9-21(20)24(29)27-22/h2-3,6-9,11,15,22H,1,4-5,10,12-14,16-17H2,(H,26,28)(H,27,29). The molecule has 2 heterocycles. The maximum absolute atomic E-state index is 13.0. The van der Waals surface area contributed by atoms with E-state index < -0.39 is 6.04 Å². The number of fused-ring (bicyclic) bond motifs is 1. The van der Waals surface area contributed by atoms with Crippen molar-refractivity contribution < 1.29 is 19.1 Å². The van der Waals surface area contributed by atoms with Crippen molar-refractivity contribution in [3.8, 4) is 0 Å². The van der Waals surface area contributed by atoms with Crippen molar-refractivity contribution in [2.75, 3.05) is 19.8 Å². The first-order valence-corrected chi connectivity index (χ1v) is 10.6. The molecular weight excluding hydrogens is 394 g/mol. The topological polar surface area (TPSA) is 89.6 Å². The lowest BCUT2D eigenvalue weighted by molar-refractivity contribution is -0.117. The van der Waals surface area contributed by atoms with Crippen LogP contribution in [0, 0.1) is 0 Å². The van der Waals surface area contributed by atoms with Crippen LogP contribution in [0.2, 0.25) is 0 Å². The Morgan fingerprint density at radius 1 is 1.13 bits per heavy atom. The third-order valence-corrected chi connectivity index (χ3v) is 5.12. The molecule has 0 radical (unpaired) electrons. The molecule has 2 N–H and O–H groups in total. The Hall–Kier alpha value is -3.03. The normalized spacial score (nSPS) is 18.2. The summed E-state index contributed by atoms with van der Waals surface area (Å²) in [5, 5.41) is 5.86. The first-order chi connectivity index (χ1) is 15.1. The van der Waals surface area contributed by atoms with E-state index in [1.807, 2.05) is 30.3 Å². The van der Waals surface area contributed by atoms with Gasteiger partial charge in [0.15, 0.2) is 0 Å². The predicted octanol–water partition coefficient (Wildman–Crippen LogP) is 2.77. The molecular formula is C24H29N3O4. The highest BCUT2D eigenvalue weighted by Crippen LogP contribution is 2.15. The van der Waals surface area contributed by atoms with Crippen molar-refractivity contribution in [3.05, 3.63) is 77.6 Å². The SMILES string of the molecule is C=C(C(=O)NCc1cccnc1)C1CCCCOCCOCc2ccccc2C(=O)N1. The number of hydrogen-bond donors (Lipinski definition) is 2. The number of nitrogens with zero attached hydrogens (tertiary/aromatic N) is 1. The Kier molecular flexibility index (Phi) is 8.75. The van der Waals surface area contributed by atoms with Crippen LogP contribution in [0.4, 0.5) is 0 Å². The summed E-state index contributed by atoms with van der Waals surface area (Å²) in [5.74, 6) is -0.526. The summed E-state index contributed by atoms with van der Waals surface area (Å²) in [4.78, 5) is 29.8. The number of ether oxygens (including phenoxy) is 2. The molecule has 0 bridgehead atoms. The van der Waals surface area contributed by atoms with Gasteiger partial charge < -0.3 is 20.1 Å². The maximum atomic E-state index is 13.0. The summed E-state index contributed by atoms with van der Waals surface area (Å²) in [6.45, 7) is 6.26. The highest BCUT2D eigenvalue weighted by atomic mass is 16.5. The van der Waals surface area contributed by atoms with Gasteiger partial charge in [0, 0.05) is 36.7 Å². The molecule has 3 rings (SSSR count). The van der Waals surface area contributed by atoms with E-state index >= 15 is 0 Å². The fourth-order valence-corrected chi connectivity index (χ4v) is 3.35. The van der Waals surface area contributed by atoms with Gasteiger partial charge in [0.25, 0.3) is 5.91 Å². The maximum Gasteiger partial charge on any atom is 0.252 e. The minimum atomic E-state index is -0.474. The third-order valence-electron chi connectivity index (χ3n) is 5.12. The fourth-order valence-electron chi connectivity index (χ4n) is 3.35. The highest BCUT2D eigenvalue weighted by Gasteiger charge is 2.22. The second-order valence-corrected chi connectivity index (χ2v) is 7.41. The molecule has 1 aliphatic heterocycles. The van der Waals surface area contributed by atoms with Gasteiger partial charge in [-0.05, 0) is 42.5 Å². The van der Waals surface area contributed by atoms with Gasteiger partial charge in [-0.15, -0.1) is 0 Å². The van der Waals surface area contributed by atoms with Gasteiger partial charge in [0.05, 0.1) is 25.9 Å². The van der Waals surface area contributed by atoms with Crippen molar-refractivity contribution in [3.63, 3.8) is 0 Å². The van der Waals surface area contributed by atoms with E-state index in [2.05, 4.69) is 22.2 Å². The molecule has 2 aromatic rings.